The van der Waals surface area contributed by atoms with Crippen molar-refractivity contribution < 1.29 is 9.53 Å². The minimum Gasteiger partial charge on any atom is -0.373 e. The number of hydrogen-bond donors (Lipinski definition) is 2. The summed E-state index contributed by atoms with van der Waals surface area (Å²) in [5.41, 5.74) is 6.96. The summed E-state index contributed by atoms with van der Waals surface area (Å²) in [5, 5.41) is 3.06. The Morgan fingerprint density at radius 3 is 2.54 bits per heavy atom. The van der Waals surface area contributed by atoms with Crippen molar-refractivity contribution in [2.45, 2.75) is 63.5 Å². The SMILES string of the molecule is CCCOC1(CNC(=O)CC(N)c2ccccc2)CCCCC1.Cl. The molecule has 0 radical (unpaired) electrons. The van der Waals surface area contributed by atoms with Crippen LogP contribution in [0.1, 0.15) is 63.5 Å². The van der Waals surface area contributed by atoms with Crippen LogP contribution in [0.3, 0.4) is 0 Å². The van der Waals surface area contributed by atoms with Gasteiger partial charge in [0, 0.05) is 25.6 Å². The van der Waals surface area contributed by atoms with Crippen molar-refractivity contribution in [2.75, 3.05) is 13.2 Å². The third-order valence-electron chi connectivity index (χ3n) is 4.62. The maximum atomic E-state index is 12.2. The van der Waals surface area contributed by atoms with Crippen molar-refractivity contribution in [2.24, 2.45) is 5.73 Å². The average molecular weight is 355 g/mol. The molecule has 1 aliphatic carbocycles. The van der Waals surface area contributed by atoms with Crippen LogP contribution in [0.25, 0.3) is 0 Å². The minimum atomic E-state index is -0.255. The van der Waals surface area contributed by atoms with E-state index in [4.69, 9.17) is 10.5 Å². The van der Waals surface area contributed by atoms with Crippen LogP contribution >= 0.6 is 12.4 Å². The van der Waals surface area contributed by atoms with Crippen LogP contribution in [0.2, 0.25) is 0 Å². The maximum Gasteiger partial charge on any atom is 0.222 e. The number of rotatable bonds is 8. The molecule has 1 unspecified atom stereocenters. The Labute approximate surface area is 151 Å². The number of benzene rings is 1. The Balaban J connectivity index is 0.00000288. The van der Waals surface area contributed by atoms with Gasteiger partial charge in [-0.25, -0.2) is 0 Å². The van der Waals surface area contributed by atoms with E-state index in [1.54, 1.807) is 0 Å². The van der Waals surface area contributed by atoms with Gasteiger partial charge in [-0.3, -0.25) is 4.79 Å². The summed E-state index contributed by atoms with van der Waals surface area (Å²) in [5.74, 6) is 0.00593. The molecule has 3 N–H and O–H groups in total. The van der Waals surface area contributed by atoms with Gasteiger partial charge < -0.3 is 15.8 Å². The van der Waals surface area contributed by atoms with Gasteiger partial charge in [0.15, 0.2) is 0 Å². The van der Waals surface area contributed by atoms with Gasteiger partial charge in [0.25, 0.3) is 0 Å². The number of nitrogens with one attached hydrogen (secondary N) is 1. The lowest BCUT2D eigenvalue weighted by atomic mass is 9.84. The number of carbonyl (C=O) groups is 1. The standard InChI is InChI=1S/C19H30N2O2.ClH/c1-2-13-23-19(11-7-4-8-12-19)15-21-18(22)14-17(20)16-9-5-3-6-10-16;/h3,5-6,9-10,17H,2,4,7-8,11-15,20H2,1H3,(H,21,22);1H. The van der Waals surface area contributed by atoms with Crippen molar-refractivity contribution in [1.82, 2.24) is 5.32 Å². The summed E-state index contributed by atoms with van der Waals surface area (Å²) in [4.78, 5) is 12.2. The molecule has 0 bridgehead atoms. The molecule has 1 fully saturated rings. The highest BCUT2D eigenvalue weighted by Crippen LogP contribution is 2.31. The molecule has 0 aromatic heterocycles. The fraction of sp³-hybridized carbons (Fsp3) is 0.632. The second-order valence-corrected chi connectivity index (χ2v) is 6.59. The molecule has 5 heteroatoms. The van der Waals surface area contributed by atoms with Gasteiger partial charge >= 0.3 is 0 Å². The zero-order valence-corrected chi connectivity index (χ0v) is 15.4. The van der Waals surface area contributed by atoms with Crippen molar-refractivity contribution in [3.8, 4) is 0 Å². The van der Waals surface area contributed by atoms with Crippen LogP contribution in [0.4, 0.5) is 0 Å². The zero-order valence-electron chi connectivity index (χ0n) is 14.6. The van der Waals surface area contributed by atoms with Crippen LogP contribution < -0.4 is 11.1 Å². The molecule has 0 saturated heterocycles. The van der Waals surface area contributed by atoms with Gasteiger partial charge in [-0.15, -0.1) is 12.4 Å². The van der Waals surface area contributed by atoms with Gasteiger partial charge in [0.2, 0.25) is 5.91 Å². The number of amides is 1. The smallest absolute Gasteiger partial charge is 0.222 e. The molecule has 0 aliphatic heterocycles. The number of halogens is 1. The average Bonchev–Trinajstić information content (AvgIpc) is 2.60. The summed E-state index contributed by atoms with van der Waals surface area (Å²) < 4.78 is 6.11. The Hall–Kier alpha value is -1.10. The quantitative estimate of drug-likeness (QED) is 0.747. The van der Waals surface area contributed by atoms with E-state index in [0.717, 1.165) is 31.4 Å². The summed E-state index contributed by atoms with van der Waals surface area (Å²) in [7, 11) is 0. The van der Waals surface area contributed by atoms with Gasteiger partial charge in [0.05, 0.1) is 5.60 Å². The Morgan fingerprint density at radius 2 is 1.92 bits per heavy atom. The molecule has 1 atom stereocenters. The van der Waals surface area contributed by atoms with Crippen molar-refractivity contribution in [3.05, 3.63) is 35.9 Å². The van der Waals surface area contributed by atoms with E-state index in [9.17, 15) is 4.79 Å². The van der Waals surface area contributed by atoms with Crippen LogP contribution in [0, 0.1) is 0 Å². The van der Waals surface area contributed by atoms with Crippen molar-refractivity contribution in [3.63, 3.8) is 0 Å². The molecule has 4 nitrogen and oxygen atoms in total. The summed E-state index contributed by atoms with van der Waals surface area (Å²) in [6.45, 7) is 3.49. The minimum absolute atomic E-state index is 0. The predicted octanol–water partition coefficient (Wildman–Crippen LogP) is 3.74. The van der Waals surface area contributed by atoms with E-state index in [-0.39, 0.29) is 30.0 Å². The topological polar surface area (TPSA) is 64.3 Å². The van der Waals surface area contributed by atoms with Gasteiger partial charge in [-0.05, 0) is 24.8 Å². The van der Waals surface area contributed by atoms with E-state index < -0.39 is 0 Å². The molecule has 1 amide bonds. The third-order valence-corrected chi connectivity index (χ3v) is 4.62. The van der Waals surface area contributed by atoms with E-state index in [2.05, 4.69) is 12.2 Å². The molecule has 0 heterocycles. The van der Waals surface area contributed by atoms with E-state index in [1.807, 2.05) is 30.3 Å². The maximum absolute atomic E-state index is 12.2. The second kappa shape index (κ2) is 10.7. The van der Waals surface area contributed by atoms with Gasteiger partial charge in [-0.2, -0.15) is 0 Å². The monoisotopic (exact) mass is 354 g/mol. The molecular formula is C19H31ClN2O2. The molecule has 0 spiro atoms. The molecule has 1 aromatic carbocycles. The van der Waals surface area contributed by atoms with Crippen LogP contribution in [0.5, 0.6) is 0 Å². The highest BCUT2D eigenvalue weighted by atomic mass is 35.5. The Kier molecular flexibility index (Phi) is 9.34. The first-order valence-electron chi connectivity index (χ1n) is 8.86. The first-order valence-corrected chi connectivity index (χ1v) is 8.86. The number of ether oxygens (including phenoxy) is 1. The van der Waals surface area contributed by atoms with E-state index in [1.165, 1.54) is 19.3 Å². The first-order chi connectivity index (χ1) is 11.2. The number of carbonyl (C=O) groups excluding carboxylic acids is 1. The van der Waals surface area contributed by atoms with Gasteiger partial charge in [0.1, 0.15) is 0 Å². The van der Waals surface area contributed by atoms with Crippen LogP contribution in [-0.2, 0) is 9.53 Å². The molecule has 136 valence electrons. The van der Waals surface area contributed by atoms with Crippen molar-refractivity contribution >= 4 is 18.3 Å². The zero-order chi connectivity index (χ0) is 16.5. The molecule has 2 rings (SSSR count). The largest absolute Gasteiger partial charge is 0.373 e. The highest BCUT2D eigenvalue weighted by molar-refractivity contribution is 5.85. The number of hydrogen-bond acceptors (Lipinski definition) is 3. The first kappa shape index (κ1) is 20.9. The van der Waals surface area contributed by atoms with Crippen molar-refractivity contribution in [1.29, 1.82) is 0 Å². The summed E-state index contributed by atoms with van der Waals surface area (Å²) >= 11 is 0. The fourth-order valence-corrected chi connectivity index (χ4v) is 3.24. The Morgan fingerprint density at radius 1 is 1.25 bits per heavy atom. The molecular weight excluding hydrogens is 324 g/mol. The highest BCUT2D eigenvalue weighted by Gasteiger charge is 2.33. The normalized spacial score (nSPS) is 17.6. The molecule has 24 heavy (non-hydrogen) atoms. The lowest BCUT2D eigenvalue weighted by Crippen LogP contribution is -2.47. The van der Waals surface area contributed by atoms with Gasteiger partial charge in [-0.1, -0.05) is 56.5 Å². The lowest BCUT2D eigenvalue weighted by Gasteiger charge is -2.37. The predicted molar refractivity (Wildman–Crippen MR) is 100 cm³/mol. The molecule has 1 aliphatic rings. The molecule has 1 saturated carbocycles. The number of nitrogens with two attached hydrogens (primary N) is 1. The molecule has 1 aromatic rings. The third kappa shape index (κ3) is 6.42. The van der Waals surface area contributed by atoms with Crippen LogP contribution in [0.15, 0.2) is 30.3 Å². The summed E-state index contributed by atoms with van der Waals surface area (Å²) in [6, 6.07) is 9.52. The van der Waals surface area contributed by atoms with E-state index in [0.29, 0.717) is 13.0 Å². The Bertz CT molecular complexity index is 476. The fourth-order valence-electron chi connectivity index (χ4n) is 3.24. The lowest BCUT2D eigenvalue weighted by molar-refractivity contribution is -0.124. The summed E-state index contributed by atoms with van der Waals surface area (Å²) in [6.07, 6.45) is 7.04. The van der Waals surface area contributed by atoms with E-state index >= 15 is 0 Å². The van der Waals surface area contributed by atoms with Crippen LogP contribution in [-0.4, -0.2) is 24.7 Å². The second-order valence-electron chi connectivity index (χ2n) is 6.59.